The van der Waals surface area contributed by atoms with Crippen molar-refractivity contribution in [3.63, 3.8) is 0 Å². The van der Waals surface area contributed by atoms with Crippen LogP contribution in [-0.2, 0) is 0 Å². The molecular weight excluding hydrogens is 182 g/mol. The molecule has 0 atom stereocenters. The average molecular weight is 213 g/mol. The third-order valence-corrected chi connectivity index (χ3v) is 2.51. The maximum Gasteiger partial charge on any atom is 0.0160 e. The first-order chi connectivity index (χ1) is 7.09. The van der Waals surface area contributed by atoms with Gasteiger partial charge >= 0.3 is 0 Å². The Hall–Kier alpha value is -0.300. The molecule has 92 valence electrons. The van der Waals surface area contributed by atoms with Gasteiger partial charge in [0.05, 0.1) is 0 Å². The highest BCUT2D eigenvalue weighted by atomic mass is 15.1. The van der Waals surface area contributed by atoms with E-state index < -0.39 is 0 Å². The first kappa shape index (κ1) is 17.1. The van der Waals surface area contributed by atoms with Crippen molar-refractivity contribution < 1.29 is 0 Å². The van der Waals surface area contributed by atoms with Crippen molar-refractivity contribution in [1.82, 2.24) is 4.90 Å². The summed E-state index contributed by atoms with van der Waals surface area (Å²) in [5.74, 6) is 0. The normalized spacial score (nSPS) is 10.1. The molecular formula is C14H31N. The summed E-state index contributed by atoms with van der Waals surface area (Å²) in [5.41, 5.74) is 0. The van der Waals surface area contributed by atoms with Crippen LogP contribution in [0.4, 0.5) is 0 Å². The molecule has 0 aliphatic carbocycles. The van der Waals surface area contributed by atoms with Gasteiger partial charge < -0.3 is 4.90 Å². The summed E-state index contributed by atoms with van der Waals surface area (Å²) in [5, 5.41) is 0. The highest BCUT2D eigenvalue weighted by Gasteiger charge is 1.97. The second-order valence-electron chi connectivity index (χ2n) is 4.38. The molecule has 0 N–H and O–H groups in total. The monoisotopic (exact) mass is 213 g/mol. The topological polar surface area (TPSA) is 3.24 Å². The van der Waals surface area contributed by atoms with E-state index in [-0.39, 0.29) is 0 Å². The van der Waals surface area contributed by atoms with Crippen molar-refractivity contribution in [2.45, 2.75) is 65.8 Å². The standard InChI is InChI=1S/C7H15N.C7H16/c1-5-6-8(4)7(2)3;1-3-5-7-6-4-2/h5,7H,1,6H2,2-4H3;3-7H2,1-2H3. The van der Waals surface area contributed by atoms with Crippen LogP contribution in [0.1, 0.15) is 59.8 Å². The van der Waals surface area contributed by atoms with E-state index in [0.717, 1.165) is 6.54 Å². The number of likely N-dealkylation sites (N-methyl/N-ethyl adjacent to an activating group) is 1. The van der Waals surface area contributed by atoms with Crippen molar-refractivity contribution in [1.29, 1.82) is 0 Å². The molecule has 0 amide bonds. The fraction of sp³-hybridized carbons (Fsp3) is 0.857. The highest BCUT2D eigenvalue weighted by Crippen LogP contribution is 2.00. The maximum absolute atomic E-state index is 3.64. The Labute approximate surface area is 97.6 Å². The van der Waals surface area contributed by atoms with E-state index in [1.807, 2.05) is 6.08 Å². The van der Waals surface area contributed by atoms with E-state index in [9.17, 15) is 0 Å². The molecule has 0 saturated heterocycles. The summed E-state index contributed by atoms with van der Waals surface area (Å²) < 4.78 is 0. The molecule has 0 aromatic carbocycles. The van der Waals surface area contributed by atoms with E-state index in [1.54, 1.807) is 0 Å². The van der Waals surface area contributed by atoms with Crippen LogP contribution in [-0.4, -0.2) is 24.5 Å². The van der Waals surface area contributed by atoms with E-state index in [1.165, 1.54) is 32.1 Å². The van der Waals surface area contributed by atoms with Gasteiger partial charge in [-0.05, 0) is 20.9 Å². The fourth-order valence-electron chi connectivity index (χ4n) is 1.09. The molecule has 0 bridgehead atoms. The number of rotatable bonds is 7. The van der Waals surface area contributed by atoms with Crippen LogP contribution in [0.5, 0.6) is 0 Å². The minimum Gasteiger partial charge on any atom is -0.300 e. The van der Waals surface area contributed by atoms with Crippen LogP contribution in [0, 0.1) is 0 Å². The molecule has 1 nitrogen and oxygen atoms in total. The zero-order chi connectivity index (χ0) is 12.1. The summed E-state index contributed by atoms with van der Waals surface area (Å²) in [4.78, 5) is 2.23. The number of unbranched alkanes of at least 4 members (excludes halogenated alkanes) is 4. The van der Waals surface area contributed by atoms with Crippen LogP contribution in [0.15, 0.2) is 12.7 Å². The molecule has 0 spiro atoms. The predicted molar refractivity (Wildman–Crippen MR) is 72.4 cm³/mol. The van der Waals surface area contributed by atoms with Crippen molar-refractivity contribution in [3.8, 4) is 0 Å². The molecule has 0 unspecified atom stereocenters. The highest BCUT2D eigenvalue weighted by molar-refractivity contribution is 4.72. The molecule has 0 rings (SSSR count). The molecule has 15 heavy (non-hydrogen) atoms. The zero-order valence-corrected chi connectivity index (χ0v) is 11.6. The minimum absolute atomic E-state index is 0.632. The molecule has 0 aromatic rings. The molecule has 0 radical (unpaired) electrons. The molecule has 0 aliphatic heterocycles. The Morgan fingerprint density at radius 2 is 1.53 bits per heavy atom. The molecule has 0 aromatic heterocycles. The Morgan fingerprint density at radius 3 is 1.73 bits per heavy atom. The van der Waals surface area contributed by atoms with Crippen molar-refractivity contribution in [3.05, 3.63) is 12.7 Å². The summed E-state index contributed by atoms with van der Waals surface area (Å²) in [6.07, 6.45) is 8.93. The molecule has 0 saturated carbocycles. The smallest absolute Gasteiger partial charge is 0.0160 e. The number of hydrogen-bond acceptors (Lipinski definition) is 1. The number of hydrogen-bond donors (Lipinski definition) is 0. The maximum atomic E-state index is 3.64. The second kappa shape index (κ2) is 13.7. The Kier molecular flexibility index (Phi) is 15.6. The largest absolute Gasteiger partial charge is 0.300 e. The lowest BCUT2D eigenvalue weighted by atomic mass is 10.2. The van der Waals surface area contributed by atoms with Crippen molar-refractivity contribution in [2.75, 3.05) is 13.6 Å². The summed E-state index contributed by atoms with van der Waals surface area (Å²) >= 11 is 0. The summed E-state index contributed by atoms with van der Waals surface area (Å²) in [6.45, 7) is 13.5. The predicted octanol–water partition coefficient (Wildman–Crippen LogP) is 4.49. The third-order valence-electron chi connectivity index (χ3n) is 2.51. The van der Waals surface area contributed by atoms with Gasteiger partial charge in [-0.25, -0.2) is 0 Å². The quantitative estimate of drug-likeness (QED) is 0.445. The third kappa shape index (κ3) is 16.4. The van der Waals surface area contributed by atoms with E-state index in [2.05, 4.69) is 46.2 Å². The van der Waals surface area contributed by atoms with E-state index in [0.29, 0.717) is 6.04 Å². The Morgan fingerprint density at radius 1 is 1.07 bits per heavy atom. The van der Waals surface area contributed by atoms with Gasteiger partial charge in [0.25, 0.3) is 0 Å². The average Bonchev–Trinajstić information content (AvgIpc) is 2.20. The second-order valence-corrected chi connectivity index (χ2v) is 4.38. The zero-order valence-electron chi connectivity index (χ0n) is 11.6. The van der Waals surface area contributed by atoms with E-state index in [4.69, 9.17) is 0 Å². The lowest BCUT2D eigenvalue weighted by Gasteiger charge is -2.17. The van der Waals surface area contributed by atoms with Gasteiger partial charge in [0.1, 0.15) is 0 Å². The Balaban J connectivity index is 0. The van der Waals surface area contributed by atoms with Crippen molar-refractivity contribution >= 4 is 0 Å². The molecule has 0 fully saturated rings. The van der Waals surface area contributed by atoms with Gasteiger partial charge in [0, 0.05) is 12.6 Å². The van der Waals surface area contributed by atoms with Gasteiger partial charge in [-0.1, -0.05) is 52.0 Å². The fourth-order valence-corrected chi connectivity index (χ4v) is 1.09. The van der Waals surface area contributed by atoms with Gasteiger partial charge in [-0.3, -0.25) is 0 Å². The summed E-state index contributed by atoms with van der Waals surface area (Å²) in [7, 11) is 2.09. The van der Waals surface area contributed by atoms with Gasteiger partial charge in [-0.2, -0.15) is 0 Å². The first-order valence-corrected chi connectivity index (χ1v) is 6.41. The minimum atomic E-state index is 0.632. The van der Waals surface area contributed by atoms with Gasteiger partial charge in [-0.15, -0.1) is 6.58 Å². The first-order valence-electron chi connectivity index (χ1n) is 6.41. The molecule has 0 aliphatic rings. The summed E-state index contributed by atoms with van der Waals surface area (Å²) in [6, 6.07) is 0.632. The lowest BCUT2D eigenvalue weighted by molar-refractivity contribution is 0.303. The van der Waals surface area contributed by atoms with E-state index >= 15 is 0 Å². The molecule has 1 heteroatoms. The van der Waals surface area contributed by atoms with Crippen molar-refractivity contribution in [2.24, 2.45) is 0 Å². The van der Waals surface area contributed by atoms with Crippen LogP contribution >= 0.6 is 0 Å². The molecule has 0 heterocycles. The van der Waals surface area contributed by atoms with Crippen LogP contribution in [0.2, 0.25) is 0 Å². The van der Waals surface area contributed by atoms with Crippen LogP contribution in [0.3, 0.4) is 0 Å². The van der Waals surface area contributed by atoms with Gasteiger partial charge in [0.2, 0.25) is 0 Å². The number of nitrogens with zero attached hydrogens (tertiary/aromatic N) is 1. The van der Waals surface area contributed by atoms with Crippen LogP contribution in [0.25, 0.3) is 0 Å². The Bertz CT molecular complexity index is 115. The lowest BCUT2D eigenvalue weighted by Crippen LogP contribution is -2.25. The SMILES string of the molecule is C=CCN(C)C(C)C.CCCCCCC. The van der Waals surface area contributed by atoms with Gasteiger partial charge in [0.15, 0.2) is 0 Å². The van der Waals surface area contributed by atoms with Crippen LogP contribution < -0.4 is 0 Å².